The molecule has 4 nitrogen and oxygen atoms in total. The molecule has 0 heterocycles. The van der Waals surface area contributed by atoms with Gasteiger partial charge in [0.1, 0.15) is 0 Å². The molecule has 17 heavy (non-hydrogen) atoms. The summed E-state index contributed by atoms with van der Waals surface area (Å²) in [6.45, 7) is 2.08. The molecule has 1 unspecified atom stereocenters. The minimum absolute atomic E-state index is 0.133. The maximum Gasteiger partial charge on any atom is 0.211 e. The van der Waals surface area contributed by atoms with Crippen LogP contribution in [0.4, 0.5) is 0 Å². The van der Waals surface area contributed by atoms with Crippen molar-refractivity contribution in [2.24, 2.45) is 0 Å². The third-order valence-corrected chi connectivity index (χ3v) is 3.99. The molecule has 1 atom stereocenters. The molecule has 0 aliphatic carbocycles. The maximum atomic E-state index is 11.4. The molecule has 0 aliphatic heterocycles. The van der Waals surface area contributed by atoms with Crippen molar-refractivity contribution in [3.8, 4) is 0 Å². The first-order valence-electron chi connectivity index (χ1n) is 5.75. The Kier molecular flexibility index (Phi) is 5.61. The van der Waals surface area contributed by atoms with Gasteiger partial charge < -0.3 is 5.11 Å². The lowest BCUT2D eigenvalue weighted by Gasteiger charge is -2.11. The average molecular weight is 257 g/mol. The van der Waals surface area contributed by atoms with Crippen LogP contribution in [0, 0.1) is 0 Å². The summed E-state index contributed by atoms with van der Waals surface area (Å²) in [5.74, 6) is 0.133. The van der Waals surface area contributed by atoms with E-state index in [2.05, 4.69) is 4.72 Å². The third kappa shape index (κ3) is 5.30. The number of aliphatic hydroxyl groups excluding tert-OH is 1. The van der Waals surface area contributed by atoms with Gasteiger partial charge in [-0.1, -0.05) is 37.3 Å². The van der Waals surface area contributed by atoms with Gasteiger partial charge in [-0.15, -0.1) is 0 Å². The van der Waals surface area contributed by atoms with Crippen molar-refractivity contribution in [2.75, 3.05) is 12.3 Å². The van der Waals surface area contributed by atoms with Crippen LogP contribution in [0.25, 0.3) is 0 Å². The Hall–Kier alpha value is -0.910. The van der Waals surface area contributed by atoms with Crippen molar-refractivity contribution >= 4 is 10.0 Å². The zero-order valence-corrected chi connectivity index (χ0v) is 10.8. The van der Waals surface area contributed by atoms with Gasteiger partial charge in [0, 0.05) is 6.54 Å². The molecule has 0 fully saturated rings. The van der Waals surface area contributed by atoms with E-state index in [1.807, 2.05) is 37.3 Å². The van der Waals surface area contributed by atoms with Crippen molar-refractivity contribution in [3.05, 3.63) is 35.9 Å². The quantitative estimate of drug-likeness (QED) is 0.776. The molecule has 0 amide bonds. The van der Waals surface area contributed by atoms with Gasteiger partial charge in [0.15, 0.2) is 0 Å². The van der Waals surface area contributed by atoms with Gasteiger partial charge in [0.05, 0.1) is 11.9 Å². The van der Waals surface area contributed by atoms with E-state index in [1.54, 1.807) is 0 Å². The molecule has 0 saturated carbocycles. The second-order valence-electron chi connectivity index (χ2n) is 3.93. The van der Waals surface area contributed by atoms with Crippen LogP contribution in [-0.2, 0) is 10.0 Å². The fourth-order valence-electron chi connectivity index (χ4n) is 1.53. The third-order valence-electron chi connectivity index (χ3n) is 2.40. The number of hydrogen-bond acceptors (Lipinski definition) is 3. The van der Waals surface area contributed by atoms with Crippen molar-refractivity contribution in [2.45, 2.75) is 25.9 Å². The molecule has 0 saturated heterocycles. The number of rotatable bonds is 7. The molecule has 0 aliphatic rings. The summed E-state index contributed by atoms with van der Waals surface area (Å²) >= 11 is 0. The first kappa shape index (κ1) is 14.2. The van der Waals surface area contributed by atoms with Gasteiger partial charge in [0.2, 0.25) is 10.0 Å². The normalized spacial score (nSPS) is 13.5. The maximum absolute atomic E-state index is 11.4. The standard InChI is InChI=1S/C12H19NO3S/c1-2-10-17(15,16)13-9-8-12(14)11-6-4-3-5-7-11/h3-7,12-14H,2,8-10H2,1H3. The Balaban J connectivity index is 2.37. The molecule has 0 bridgehead atoms. The molecular formula is C12H19NO3S. The Labute approximate surface area is 103 Å². The molecule has 1 aromatic carbocycles. The van der Waals surface area contributed by atoms with Crippen molar-refractivity contribution in [3.63, 3.8) is 0 Å². The number of benzene rings is 1. The summed E-state index contributed by atoms with van der Waals surface area (Å²) in [5.41, 5.74) is 0.808. The van der Waals surface area contributed by atoms with Crippen LogP contribution in [0.15, 0.2) is 30.3 Å². The van der Waals surface area contributed by atoms with Gasteiger partial charge in [-0.2, -0.15) is 0 Å². The number of nitrogens with one attached hydrogen (secondary N) is 1. The number of hydrogen-bond donors (Lipinski definition) is 2. The van der Waals surface area contributed by atoms with Crippen LogP contribution in [0.2, 0.25) is 0 Å². The van der Waals surface area contributed by atoms with E-state index in [4.69, 9.17) is 0 Å². The highest BCUT2D eigenvalue weighted by molar-refractivity contribution is 7.89. The minimum atomic E-state index is -3.17. The zero-order chi connectivity index (χ0) is 12.7. The molecule has 5 heteroatoms. The molecule has 1 rings (SSSR count). The summed E-state index contributed by atoms with van der Waals surface area (Å²) in [6, 6.07) is 9.22. The molecule has 96 valence electrons. The number of aliphatic hydroxyl groups is 1. The Morgan fingerprint density at radius 3 is 2.53 bits per heavy atom. The summed E-state index contributed by atoms with van der Waals surface area (Å²) in [4.78, 5) is 0. The fourth-order valence-corrected chi connectivity index (χ4v) is 2.64. The number of sulfonamides is 1. The van der Waals surface area contributed by atoms with Gasteiger partial charge >= 0.3 is 0 Å². The Bertz CT molecular complexity index is 417. The lowest BCUT2D eigenvalue weighted by molar-refractivity contribution is 0.169. The Morgan fingerprint density at radius 2 is 1.94 bits per heavy atom. The summed E-state index contributed by atoms with van der Waals surface area (Å²) < 4.78 is 25.2. The average Bonchev–Trinajstić information content (AvgIpc) is 2.29. The molecular weight excluding hydrogens is 238 g/mol. The highest BCUT2D eigenvalue weighted by atomic mass is 32.2. The predicted octanol–water partition coefficient (Wildman–Crippen LogP) is 1.44. The van der Waals surface area contributed by atoms with E-state index in [0.29, 0.717) is 12.8 Å². The molecule has 2 N–H and O–H groups in total. The predicted molar refractivity (Wildman–Crippen MR) is 68.1 cm³/mol. The van der Waals surface area contributed by atoms with Gasteiger partial charge in [-0.05, 0) is 18.4 Å². The van der Waals surface area contributed by atoms with Crippen molar-refractivity contribution < 1.29 is 13.5 Å². The summed E-state index contributed by atoms with van der Waals surface area (Å²) in [7, 11) is -3.17. The second-order valence-corrected chi connectivity index (χ2v) is 5.85. The Morgan fingerprint density at radius 1 is 1.29 bits per heavy atom. The molecule has 1 aromatic rings. The van der Waals surface area contributed by atoms with E-state index in [1.165, 1.54) is 0 Å². The lowest BCUT2D eigenvalue weighted by atomic mass is 10.1. The topological polar surface area (TPSA) is 66.4 Å². The largest absolute Gasteiger partial charge is 0.388 e. The van der Waals surface area contributed by atoms with Crippen molar-refractivity contribution in [1.82, 2.24) is 4.72 Å². The van der Waals surface area contributed by atoms with Crippen LogP contribution in [0.1, 0.15) is 31.4 Å². The van der Waals surface area contributed by atoms with Crippen LogP contribution in [0.3, 0.4) is 0 Å². The van der Waals surface area contributed by atoms with E-state index in [-0.39, 0.29) is 12.3 Å². The summed E-state index contributed by atoms with van der Waals surface area (Å²) in [6.07, 6.45) is 0.351. The first-order chi connectivity index (χ1) is 8.05. The summed E-state index contributed by atoms with van der Waals surface area (Å²) in [5, 5.41) is 9.81. The lowest BCUT2D eigenvalue weighted by Crippen LogP contribution is -2.28. The smallest absolute Gasteiger partial charge is 0.211 e. The van der Waals surface area contributed by atoms with E-state index in [9.17, 15) is 13.5 Å². The van der Waals surface area contributed by atoms with Crippen LogP contribution in [-0.4, -0.2) is 25.8 Å². The highest BCUT2D eigenvalue weighted by Crippen LogP contribution is 2.14. The van der Waals surface area contributed by atoms with Crippen LogP contribution < -0.4 is 4.72 Å². The fraction of sp³-hybridized carbons (Fsp3) is 0.500. The van der Waals surface area contributed by atoms with E-state index in [0.717, 1.165) is 5.56 Å². The second kappa shape index (κ2) is 6.74. The van der Waals surface area contributed by atoms with E-state index < -0.39 is 16.1 Å². The van der Waals surface area contributed by atoms with Crippen LogP contribution in [0.5, 0.6) is 0 Å². The SMILES string of the molecule is CCCS(=O)(=O)NCCC(O)c1ccccc1. The molecule has 0 aromatic heterocycles. The molecule has 0 spiro atoms. The molecule has 0 radical (unpaired) electrons. The first-order valence-corrected chi connectivity index (χ1v) is 7.40. The monoisotopic (exact) mass is 257 g/mol. The highest BCUT2D eigenvalue weighted by Gasteiger charge is 2.10. The van der Waals surface area contributed by atoms with Gasteiger partial charge in [-0.3, -0.25) is 0 Å². The van der Waals surface area contributed by atoms with Gasteiger partial charge in [-0.25, -0.2) is 13.1 Å². The van der Waals surface area contributed by atoms with E-state index >= 15 is 0 Å². The van der Waals surface area contributed by atoms with Crippen molar-refractivity contribution in [1.29, 1.82) is 0 Å². The minimum Gasteiger partial charge on any atom is -0.388 e. The van der Waals surface area contributed by atoms with Crippen LogP contribution >= 0.6 is 0 Å². The zero-order valence-electron chi connectivity index (χ0n) is 9.96. The van der Waals surface area contributed by atoms with Gasteiger partial charge in [0.25, 0.3) is 0 Å².